The predicted octanol–water partition coefficient (Wildman–Crippen LogP) is 3.13. The summed E-state index contributed by atoms with van der Waals surface area (Å²) in [7, 11) is 0. The van der Waals surface area contributed by atoms with Crippen molar-refractivity contribution in [3.63, 3.8) is 0 Å². The number of aromatic hydroxyl groups is 1. The largest absolute Gasteiger partial charge is 0.508 e. The molecule has 0 bridgehead atoms. The van der Waals surface area contributed by atoms with Crippen molar-refractivity contribution in [2.75, 3.05) is 6.61 Å². The molecule has 1 aromatic rings. The van der Waals surface area contributed by atoms with Gasteiger partial charge >= 0.3 is 0 Å². The first-order valence-corrected chi connectivity index (χ1v) is 5.23. The number of hydrogen-bond donors (Lipinski definition) is 1. The molecule has 0 atom stereocenters. The van der Waals surface area contributed by atoms with Crippen LogP contribution >= 0.6 is 0 Å². The Hall–Kier alpha value is -1.18. The van der Waals surface area contributed by atoms with Crippen LogP contribution in [0.2, 0.25) is 0 Å². The molecule has 0 unspecified atom stereocenters. The second-order valence-corrected chi connectivity index (χ2v) is 3.29. The van der Waals surface area contributed by atoms with Gasteiger partial charge in [0.1, 0.15) is 11.5 Å². The van der Waals surface area contributed by atoms with Crippen LogP contribution in [-0.4, -0.2) is 11.7 Å². The van der Waals surface area contributed by atoms with E-state index >= 15 is 0 Å². The van der Waals surface area contributed by atoms with Crippen molar-refractivity contribution in [1.29, 1.82) is 0 Å². The van der Waals surface area contributed by atoms with Crippen LogP contribution in [-0.2, 0) is 6.42 Å². The molecule has 78 valence electrons. The minimum absolute atomic E-state index is 0.351. The molecule has 0 aromatic heterocycles. The number of benzene rings is 1. The quantitative estimate of drug-likeness (QED) is 0.780. The maximum atomic E-state index is 9.66. The van der Waals surface area contributed by atoms with Gasteiger partial charge in [0, 0.05) is 5.56 Å². The van der Waals surface area contributed by atoms with E-state index in [1.807, 2.05) is 19.1 Å². The molecular formula is C12H18O2. The Bertz CT molecular complexity index is 282. The van der Waals surface area contributed by atoms with Gasteiger partial charge in [0.2, 0.25) is 0 Å². The van der Waals surface area contributed by atoms with Gasteiger partial charge in [-0.3, -0.25) is 0 Å². The van der Waals surface area contributed by atoms with E-state index in [1.165, 1.54) is 0 Å². The summed E-state index contributed by atoms with van der Waals surface area (Å²) < 4.78 is 5.45. The zero-order valence-electron chi connectivity index (χ0n) is 8.92. The molecule has 0 aliphatic heterocycles. The van der Waals surface area contributed by atoms with E-state index in [9.17, 15) is 5.11 Å². The summed E-state index contributed by atoms with van der Waals surface area (Å²) in [5.41, 5.74) is 0.941. The smallest absolute Gasteiger partial charge is 0.126 e. The highest BCUT2D eigenvalue weighted by atomic mass is 16.5. The molecule has 0 aliphatic rings. The highest BCUT2D eigenvalue weighted by molar-refractivity contribution is 5.43. The Morgan fingerprint density at radius 3 is 2.71 bits per heavy atom. The minimum atomic E-state index is 0.351. The lowest BCUT2D eigenvalue weighted by Gasteiger charge is -2.11. The molecule has 0 saturated carbocycles. The third-order valence-corrected chi connectivity index (χ3v) is 2.19. The summed E-state index contributed by atoms with van der Waals surface area (Å²) in [6, 6.07) is 5.44. The normalized spacial score (nSPS) is 10.1. The molecule has 0 amide bonds. The molecule has 14 heavy (non-hydrogen) atoms. The molecule has 1 rings (SSSR count). The predicted molar refractivity (Wildman–Crippen MR) is 57.9 cm³/mol. The Morgan fingerprint density at radius 1 is 1.29 bits per heavy atom. The Labute approximate surface area is 85.5 Å². The lowest BCUT2D eigenvalue weighted by atomic mass is 10.1. The van der Waals surface area contributed by atoms with Gasteiger partial charge in [-0.15, -0.1) is 0 Å². The summed E-state index contributed by atoms with van der Waals surface area (Å²) >= 11 is 0. The van der Waals surface area contributed by atoms with Crippen molar-refractivity contribution in [2.24, 2.45) is 0 Å². The molecule has 0 fully saturated rings. The summed E-state index contributed by atoms with van der Waals surface area (Å²) in [5, 5.41) is 9.66. The van der Waals surface area contributed by atoms with Gasteiger partial charge in [-0.1, -0.05) is 19.4 Å². The molecular weight excluding hydrogens is 176 g/mol. The van der Waals surface area contributed by atoms with Crippen LogP contribution in [0.5, 0.6) is 11.5 Å². The molecule has 0 radical (unpaired) electrons. The maximum absolute atomic E-state index is 9.66. The molecule has 1 N–H and O–H groups in total. The number of unbranched alkanes of at least 4 members (excludes halogenated alkanes) is 1. The highest BCUT2D eigenvalue weighted by Crippen LogP contribution is 2.28. The lowest BCUT2D eigenvalue weighted by molar-refractivity contribution is 0.332. The maximum Gasteiger partial charge on any atom is 0.126 e. The first-order chi connectivity index (χ1) is 6.79. The fraction of sp³-hybridized carbons (Fsp3) is 0.500. The average molecular weight is 194 g/mol. The number of hydrogen-bond acceptors (Lipinski definition) is 2. The fourth-order valence-electron chi connectivity index (χ4n) is 1.45. The minimum Gasteiger partial charge on any atom is -0.508 e. The van der Waals surface area contributed by atoms with Crippen LogP contribution in [0.15, 0.2) is 18.2 Å². The monoisotopic (exact) mass is 194 g/mol. The molecule has 2 heteroatoms. The third-order valence-electron chi connectivity index (χ3n) is 2.19. The zero-order valence-corrected chi connectivity index (χ0v) is 8.92. The molecule has 0 spiro atoms. The van der Waals surface area contributed by atoms with E-state index in [-0.39, 0.29) is 0 Å². The summed E-state index contributed by atoms with van der Waals surface area (Å²) in [6.45, 7) is 4.73. The van der Waals surface area contributed by atoms with E-state index in [4.69, 9.17) is 4.74 Å². The topological polar surface area (TPSA) is 29.5 Å². The lowest BCUT2D eigenvalue weighted by Crippen LogP contribution is -1.97. The zero-order chi connectivity index (χ0) is 10.4. The third kappa shape index (κ3) is 2.66. The van der Waals surface area contributed by atoms with Gasteiger partial charge in [-0.25, -0.2) is 0 Å². The van der Waals surface area contributed by atoms with Crippen molar-refractivity contribution < 1.29 is 9.84 Å². The van der Waals surface area contributed by atoms with E-state index in [0.717, 1.165) is 30.6 Å². The number of phenols is 1. The van der Waals surface area contributed by atoms with Gasteiger partial charge in [0.15, 0.2) is 0 Å². The first-order valence-electron chi connectivity index (χ1n) is 5.23. The first kappa shape index (κ1) is 10.9. The summed E-state index contributed by atoms with van der Waals surface area (Å²) in [5.74, 6) is 1.17. The van der Waals surface area contributed by atoms with Crippen LogP contribution in [0.4, 0.5) is 0 Å². The SMILES string of the molecule is CCCCc1c(O)cccc1OCC. The van der Waals surface area contributed by atoms with Crippen LogP contribution < -0.4 is 4.74 Å². The summed E-state index contributed by atoms with van der Waals surface area (Å²) in [4.78, 5) is 0. The van der Waals surface area contributed by atoms with Crippen molar-refractivity contribution >= 4 is 0 Å². The van der Waals surface area contributed by atoms with E-state index < -0.39 is 0 Å². The van der Waals surface area contributed by atoms with Gasteiger partial charge in [0.05, 0.1) is 6.61 Å². The highest BCUT2D eigenvalue weighted by Gasteiger charge is 2.07. The second kappa shape index (κ2) is 5.53. The molecule has 1 aromatic carbocycles. The number of rotatable bonds is 5. The van der Waals surface area contributed by atoms with Gasteiger partial charge in [-0.2, -0.15) is 0 Å². The van der Waals surface area contributed by atoms with Crippen molar-refractivity contribution in [2.45, 2.75) is 33.1 Å². The molecule has 0 saturated heterocycles. The van der Waals surface area contributed by atoms with Gasteiger partial charge in [-0.05, 0) is 31.9 Å². The van der Waals surface area contributed by atoms with Gasteiger partial charge in [0.25, 0.3) is 0 Å². The molecule has 0 heterocycles. The van der Waals surface area contributed by atoms with E-state index in [2.05, 4.69) is 6.92 Å². The average Bonchev–Trinajstić information content (AvgIpc) is 2.18. The number of ether oxygens (including phenoxy) is 1. The van der Waals surface area contributed by atoms with Crippen LogP contribution in [0.1, 0.15) is 32.3 Å². The van der Waals surface area contributed by atoms with E-state index in [0.29, 0.717) is 12.4 Å². The van der Waals surface area contributed by atoms with Crippen molar-refractivity contribution in [3.8, 4) is 11.5 Å². The van der Waals surface area contributed by atoms with Crippen molar-refractivity contribution in [1.82, 2.24) is 0 Å². The van der Waals surface area contributed by atoms with Gasteiger partial charge < -0.3 is 9.84 Å². The van der Waals surface area contributed by atoms with Crippen LogP contribution in [0.25, 0.3) is 0 Å². The summed E-state index contributed by atoms with van der Waals surface area (Å²) in [6.07, 6.45) is 3.09. The molecule has 0 aliphatic carbocycles. The number of phenolic OH excluding ortho intramolecular Hbond substituents is 1. The standard InChI is InChI=1S/C12H18O2/c1-3-5-7-10-11(13)8-6-9-12(10)14-4-2/h6,8-9,13H,3-5,7H2,1-2H3. The van der Waals surface area contributed by atoms with E-state index in [1.54, 1.807) is 6.07 Å². The van der Waals surface area contributed by atoms with Crippen LogP contribution in [0, 0.1) is 0 Å². The Morgan fingerprint density at radius 2 is 2.07 bits per heavy atom. The Balaban J connectivity index is 2.84. The Kier molecular flexibility index (Phi) is 4.30. The van der Waals surface area contributed by atoms with Crippen LogP contribution in [0.3, 0.4) is 0 Å². The molecule has 2 nitrogen and oxygen atoms in total. The fourth-order valence-corrected chi connectivity index (χ4v) is 1.45. The van der Waals surface area contributed by atoms with Crippen molar-refractivity contribution in [3.05, 3.63) is 23.8 Å². The second-order valence-electron chi connectivity index (χ2n) is 3.29.